The van der Waals surface area contributed by atoms with Gasteiger partial charge in [-0.2, -0.15) is 0 Å². The lowest BCUT2D eigenvalue weighted by molar-refractivity contribution is -0.117. The topological polar surface area (TPSA) is 33.2 Å². The molecule has 86 valence electrons. The second-order valence-electron chi connectivity index (χ2n) is 3.69. The van der Waals surface area contributed by atoms with Crippen LogP contribution >= 0.6 is 27.5 Å². The third kappa shape index (κ3) is 2.20. The SMILES string of the molecule is O=C1CC(CCl)CN1c1cc(F)c(Br)cn1. The van der Waals surface area contributed by atoms with Crippen LogP contribution in [0.2, 0.25) is 0 Å². The molecule has 0 aromatic carbocycles. The molecule has 1 fully saturated rings. The fraction of sp³-hybridized carbons (Fsp3) is 0.400. The first-order valence-corrected chi connectivity index (χ1v) is 6.12. The van der Waals surface area contributed by atoms with E-state index in [4.69, 9.17) is 11.6 Å². The lowest BCUT2D eigenvalue weighted by Crippen LogP contribution is -2.25. The number of rotatable bonds is 2. The van der Waals surface area contributed by atoms with Gasteiger partial charge in [-0.05, 0) is 21.8 Å². The Morgan fingerprint density at radius 1 is 1.69 bits per heavy atom. The Balaban J connectivity index is 2.24. The van der Waals surface area contributed by atoms with Gasteiger partial charge in [0.1, 0.15) is 11.6 Å². The van der Waals surface area contributed by atoms with Crippen LogP contribution < -0.4 is 4.90 Å². The van der Waals surface area contributed by atoms with Gasteiger partial charge < -0.3 is 0 Å². The van der Waals surface area contributed by atoms with Gasteiger partial charge in [0.25, 0.3) is 0 Å². The van der Waals surface area contributed by atoms with Crippen molar-refractivity contribution in [2.24, 2.45) is 5.92 Å². The second kappa shape index (κ2) is 4.67. The number of hydrogen-bond donors (Lipinski definition) is 0. The molecule has 1 atom stereocenters. The number of carbonyl (C=O) groups is 1. The Morgan fingerprint density at radius 2 is 2.44 bits per heavy atom. The maximum atomic E-state index is 13.3. The summed E-state index contributed by atoms with van der Waals surface area (Å²) in [5.74, 6) is 0.425. The van der Waals surface area contributed by atoms with E-state index < -0.39 is 5.82 Å². The monoisotopic (exact) mass is 306 g/mol. The first-order chi connectivity index (χ1) is 7.61. The Bertz CT molecular complexity index is 429. The highest BCUT2D eigenvalue weighted by Crippen LogP contribution is 2.26. The highest BCUT2D eigenvalue weighted by atomic mass is 79.9. The normalized spacial score (nSPS) is 20.6. The molecule has 1 aromatic rings. The maximum absolute atomic E-state index is 13.3. The summed E-state index contributed by atoms with van der Waals surface area (Å²) in [6, 6.07) is 1.25. The molecular formula is C10H9BrClFN2O. The number of nitrogens with zero attached hydrogens (tertiary/aromatic N) is 2. The number of amides is 1. The molecule has 3 nitrogen and oxygen atoms in total. The fourth-order valence-electron chi connectivity index (χ4n) is 1.66. The fourth-order valence-corrected chi connectivity index (χ4v) is 2.08. The van der Waals surface area contributed by atoms with Crippen molar-refractivity contribution in [3.05, 3.63) is 22.6 Å². The van der Waals surface area contributed by atoms with E-state index in [1.807, 2.05) is 0 Å². The first kappa shape index (κ1) is 11.8. The zero-order chi connectivity index (χ0) is 11.7. The van der Waals surface area contributed by atoms with Gasteiger partial charge in [-0.25, -0.2) is 9.37 Å². The Kier molecular flexibility index (Phi) is 3.44. The Morgan fingerprint density at radius 3 is 3.00 bits per heavy atom. The molecule has 1 aliphatic rings. The van der Waals surface area contributed by atoms with Crippen molar-refractivity contribution < 1.29 is 9.18 Å². The van der Waals surface area contributed by atoms with Gasteiger partial charge >= 0.3 is 0 Å². The molecule has 1 saturated heterocycles. The van der Waals surface area contributed by atoms with Gasteiger partial charge in [0.15, 0.2) is 0 Å². The van der Waals surface area contributed by atoms with Crippen LogP contribution in [-0.2, 0) is 4.79 Å². The van der Waals surface area contributed by atoms with Gasteiger partial charge in [-0.15, -0.1) is 11.6 Å². The van der Waals surface area contributed by atoms with E-state index in [0.29, 0.717) is 24.7 Å². The summed E-state index contributed by atoms with van der Waals surface area (Å²) in [5, 5.41) is 0. The van der Waals surface area contributed by atoms with Crippen LogP contribution in [0.3, 0.4) is 0 Å². The molecule has 0 radical (unpaired) electrons. The smallest absolute Gasteiger partial charge is 0.228 e. The van der Waals surface area contributed by atoms with Crippen molar-refractivity contribution in [1.29, 1.82) is 0 Å². The zero-order valence-corrected chi connectivity index (χ0v) is 10.6. The van der Waals surface area contributed by atoms with Crippen LogP contribution in [0.5, 0.6) is 0 Å². The average Bonchev–Trinajstić information content (AvgIpc) is 2.64. The van der Waals surface area contributed by atoms with E-state index in [-0.39, 0.29) is 16.3 Å². The summed E-state index contributed by atoms with van der Waals surface area (Å²) in [4.78, 5) is 17.1. The highest BCUT2D eigenvalue weighted by Gasteiger charge is 2.30. The molecule has 1 aliphatic heterocycles. The summed E-state index contributed by atoms with van der Waals surface area (Å²) >= 11 is 8.72. The highest BCUT2D eigenvalue weighted by molar-refractivity contribution is 9.10. The lowest BCUT2D eigenvalue weighted by atomic mass is 10.1. The number of halogens is 3. The molecule has 0 N–H and O–H groups in total. The van der Waals surface area contributed by atoms with Crippen LogP contribution in [-0.4, -0.2) is 23.3 Å². The van der Waals surface area contributed by atoms with Gasteiger partial charge in [-0.3, -0.25) is 9.69 Å². The molecule has 6 heteroatoms. The van der Waals surface area contributed by atoms with E-state index in [0.717, 1.165) is 0 Å². The standard InChI is InChI=1S/C10H9BrClFN2O/c11-7-4-14-9(2-8(7)13)15-5-6(3-12)1-10(15)16/h2,4,6H,1,3,5H2. The minimum Gasteiger partial charge on any atom is -0.296 e. The molecule has 16 heavy (non-hydrogen) atoms. The van der Waals surface area contributed by atoms with E-state index >= 15 is 0 Å². The molecule has 0 spiro atoms. The second-order valence-corrected chi connectivity index (χ2v) is 4.85. The van der Waals surface area contributed by atoms with E-state index in [1.54, 1.807) is 0 Å². The number of aromatic nitrogens is 1. The van der Waals surface area contributed by atoms with Gasteiger partial charge in [0, 0.05) is 31.1 Å². The maximum Gasteiger partial charge on any atom is 0.228 e. The molecule has 0 aliphatic carbocycles. The molecule has 0 bridgehead atoms. The van der Waals surface area contributed by atoms with Crippen molar-refractivity contribution in [1.82, 2.24) is 4.98 Å². The molecule has 2 heterocycles. The summed E-state index contributed by atoms with van der Waals surface area (Å²) in [6.45, 7) is 0.510. The molecule has 2 rings (SSSR count). The van der Waals surface area contributed by atoms with Crippen LogP contribution in [0.4, 0.5) is 10.2 Å². The van der Waals surface area contributed by atoms with Crippen molar-refractivity contribution >= 4 is 39.3 Å². The van der Waals surface area contributed by atoms with Crippen LogP contribution in [0.1, 0.15) is 6.42 Å². The van der Waals surface area contributed by atoms with Crippen molar-refractivity contribution in [2.45, 2.75) is 6.42 Å². The Hall–Kier alpha value is -0.680. The first-order valence-electron chi connectivity index (χ1n) is 4.79. The summed E-state index contributed by atoms with van der Waals surface area (Å²) in [7, 11) is 0. The van der Waals surface area contributed by atoms with Crippen molar-refractivity contribution in [3.63, 3.8) is 0 Å². The largest absolute Gasteiger partial charge is 0.296 e. The number of hydrogen-bond acceptors (Lipinski definition) is 2. The van der Waals surface area contributed by atoms with Crippen molar-refractivity contribution in [2.75, 3.05) is 17.3 Å². The number of carbonyl (C=O) groups excluding carboxylic acids is 1. The molecule has 1 amide bonds. The number of anilines is 1. The number of alkyl halides is 1. The summed E-state index contributed by atoms with van der Waals surface area (Å²) in [5.41, 5.74) is 0. The van der Waals surface area contributed by atoms with Crippen LogP contribution in [0, 0.1) is 11.7 Å². The van der Waals surface area contributed by atoms with E-state index in [9.17, 15) is 9.18 Å². The Labute approximate surface area is 106 Å². The third-order valence-corrected chi connectivity index (χ3v) is 3.51. The minimum absolute atomic E-state index is 0.0557. The summed E-state index contributed by atoms with van der Waals surface area (Å²) < 4.78 is 13.6. The molecule has 0 saturated carbocycles. The zero-order valence-electron chi connectivity index (χ0n) is 8.29. The number of pyridine rings is 1. The third-order valence-electron chi connectivity index (χ3n) is 2.49. The van der Waals surface area contributed by atoms with E-state index in [1.165, 1.54) is 17.2 Å². The van der Waals surface area contributed by atoms with Crippen LogP contribution in [0.15, 0.2) is 16.7 Å². The van der Waals surface area contributed by atoms with E-state index in [2.05, 4.69) is 20.9 Å². The van der Waals surface area contributed by atoms with Gasteiger partial charge in [0.05, 0.1) is 4.47 Å². The quantitative estimate of drug-likeness (QED) is 0.787. The lowest BCUT2D eigenvalue weighted by Gasteiger charge is -2.15. The van der Waals surface area contributed by atoms with Crippen molar-refractivity contribution in [3.8, 4) is 0 Å². The molecular weight excluding hydrogens is 298 g/mol. The van der Waals surface area contributed by atoms with Gasteiger partial charge in [0.2, 0.25) is 5.91 Å². The van der Waals surface area contributed by atoms with Gasteiger partial charge in [-0.1, -0.05) is 0 Å². The predicted octanol–water partition coefficient (Wildman–Crippen LogP) is 2.57. The molecule has 1 unspecified atom stereocenters. The minimum atomic E-state index is -0.424. The molecule has 1 aromatic heterocycles. The van der Waals surface area contributed by atoms with Crippen LogP contribution in [0.25, 0.3) is 0 Å². The average molecular weight is 308 g/mol. The summed E-state index contributed by atoms with van der Waals surface area (Å²) in [6.07, 6.45) is 1.76. The predicted molar refractivity (Wildman–Crippen MR) is 63.1 cm³/mol.